The number of hydrogen-bond acceptors (Lipinski definition) is 1. The maximum Gasteiger partial charge on any atom is 0.120 e. The molecule has 20 heavy (non-hydrogen) atoms. The summed E-state index contributed by atoms with van der Waals surface area (Å²) in [5.41, 5.74) is 3.47. The van der Waals surface area contributed by atoms with Gasteiger partial charge < -0.3 is 5.11 Å². The molecule has 0 aliphatic heterocycles. The minimum absolute atomic E-state index is 0.260. The van der Waals surface area contributed by atoms with Gasteiger partial charge >= 0.3 is 0 Å². The zero-order valence-electron chi connectivity index (χ0n) is 12.5. The van der Waals surface area contributed by atoms with Crippen LogP contribution in [0.2, 0.25) is 0 Å². The van der Waals surface area contributed by atoms with Gasteiger partial charge in [-0.2, -0.15) is 0 Å². The largest absolute Gasteiger partial charge is 0.380 e. The summed E-state index contributed by atoms with van der Waals surface area (Å²) in [5.74, 6) is 0. The molecule has 0 heterocycles. The molecule has 0 aromatic heterocycles. The maximum atomic E-state index is 11.7. The van der Waals surface area contributed by atoms with Crippen molar-refractivity contribution in [3.63, 3.8) is 0 Å². The fourth-order valence-corrected chi connectivity index (χ4v) is 3.40. The predicted molar refractivity (Wildman–Crippen MR) is 82.7 cm³/mol. The first-order valence-corrected chi connectivity index (χ1v) is 7.34. The Morgan fingerprint density at radius 2 is 1.20 bits per heavy atom. The summed E-state index contributed by atoms with van der Waals surface area (Å²) < 4.78 is 0. The number of rotatable bonds is 0. The Kier molecular flexibility index (Phi) is 2.98. The standard InChI is InChI=1S/C19H22O/c1-18(2,3)19(20)16-10-6-4-8-14(16)12-13-15-9-5-7-11-17(15)19/h4-11,20H,12-13H2,1-3H3. The molecule has 0 radical (unpaired) electrons. The smallest absolute Gasteiger partial charge is 0.120 e. The van der Waals surface area contributed by atoms with E-state index in [2.05, 4.69) is 57.2 Å². The zero-order chi connectivity index (χ0) is 14.4. The lowest BCUT2D eigenvalue weighted by atomic mass is 9.67. The van der Waals surface area contributed by atoms with E-state index in [0.717, 1.165) is 24.0 Å². The molecule has 1 aliphatic rings. The van der Waals surface area contributed by atoms with Crippen LogP contribution in [-0.4, -0.2) is 5.11 Å². The summed E-state index contributed by atoms with van der Waals surface area (Å²) in [6.45, 7) is 6.35. The Bertz CT molecular complexity index is 587. The van der Waals surface area contributed by atoms with Crippen LogP contribution in [0, 0.1) is 5.41 Å². The van der Waals surface area contributed by atoms with Gasteiger partial charge in [0.15, 0.2) is 0 Å². The van der Waals surface area contributed by atoms with Crippen LogP contribution in [-0.2, 0) is 18.4 Å². The Morgan fingerprint density at radius 3 is 1.60 bits per heavy atom. The second-order valence-electron chi connectivity index (χ2n) is 6.77. The Hall–Kier alpha value is -1.60. The molecule has 2 aromatic carbocycles. The summed E-state index contributed by atoms with van der Waals surface area (Å²) in [4.78, 5) is 0. The topological polar surface area (TPSA) is 20.2 Å². The number of aliphatic hydroxyl groups is 1. The van der Waals surface area contributed by atoms with Gasteiger partial charge in [-0.1, -0.05) is 69.3 Å². The van der Waals surface area contributed by atoms with Crippen LogP contribution in [0.5, 0.6) is 0 Å². The average molecular weight is 266 g/mol. The van der Waals surface area contributed by atoms with Crippen LogP contribution in [0.3, 0.4) is 0 Å². The van der Waals surface area contributed by atoms with Crippen molar-refractivity contribution in [2.45, 2.75) is 39.2 Å². The van der Waals surface area contributed by atoms with Gasteiger partial charge in [0.2, 0.25) is 0 Å². The molecule has 0 saturated heterocycles. The van der Waals surface area contributed by atoms with Crippen LogP contribution >= 0.6 is 0 Å². The molecule has 2 aromatic rings. The normalized spacial score (nSPS) is 17.0. The molecule has 0 spiro atoms. The number of benzene rings is 2. The molecule has 0 saturated carbocycles. The van der Waals surface area contributed by atoms with Crippen molar-refractivity contribution < 1.29 is 5.11 Å². The van der Waals surface area contributed by atoms with Gasteiger partial charge in [-0.25, -0.2) is 0 Å². The molecule has 3 rings (SSSR count). The van der Waals surface area contributed by atoms with Crippen molar-refractivity contribution in [2.75, 3.05) is 0 Å². The molecule has 104 valence electrons. The van der Waals surface area contributed by atoms with Crippen LogP contribution in [0.25, 0.3) is 0 Å². The van der Waals surface area contributed by atoms with E-state index >= 15 is 0 Å². The Balaban J connectivity index is 2.36. The van der Waals surface area contributed by atoms with Crippen molar-refractivity contribution in [1.82, 2.24) is 0 Å². The molecular formula is C19H22O. The maximum absolute atomic E-state index is 11.7. The van der Waals surface area contributed by atoms with Gasteiger partial charge in [-0.3, -0.25) is 0 Å². The van der Waals surface area contributed by atoms with Crippen molar-refractivity contribution in [3.8, 4) is 0 Å². The van der Waals surface area contributed by atoms with Crippen LogP contribution in [0.1, 0.15) is 43.0 Å². The van der Waals surface area contributed by atoms with Crippen molar-refractivity contribution >= 4 is 0 Å². The molecule has 1 N–H and O–H groups in total. The summed E-state index contributed by atoms with van der Waals surface area (Å²) in [6.07, 6.45) is 1.98. The quantitative estimate of drug-likeness (QED) is 0.762. The van der Waals surface area contributed by atoms with Gasteiger partial charge in [0.1, 0.15) is 5.60 Å². The molecule has 1 aliphatic carbocycles. The first-order chi connectivity index (χ1) is 9.44. The third-order valence-corrected chi connectivity index (χ3v) is 4.56. The SMILES string of the molecule is CC(C)(C)C1(O)c2ccccc2CCc2ccccc21. The average Bonchev–Trinajstić information content (AvgIpc) is 2.56. The first-order valence-electron chi connectivity index (χ1n) is 7.34. The van der Waals surface area contributed by atoms with Crippen LogP contribution < -0.4 is 0 Å². The molecule has 0 atom stereocenters. The van der Waals surface area contributed by atoms with E-state index < -0.39 is 5.60 Å². The molecule has 0 fully saturated rings. The zero-order valence-corrected chi connectivity index (χ0v) is 12.5. The van der Waals surface area contributed by atoms with E-state index in [4.69, 9.17) is 0 Å². The van der Waals surface area contributed by atoms with E-state index in [0.29, 0.717) is 0 Å². The second-order valence-corrected chi connectivity index (χ2v) is 6.77. The molecule has 0 unspecified atom stereocenters. The minimum atomic E-state index is -0.934. The number of fused-ring (bicyclic) bond motifs is 2. The monoisotopic (exact) mass is 266 g/mol. The van der Waals surface area contributed by atoms with Gasteiger partial charge in [0.05, 0.1) is 0 Å². The highest BCUT2D eigenvalue weighted by molar-refractivity contribution is 5.48. The molecule has 0 amide bonds. The molecule has 1 heteroatoms. The first kappa shape index (κ1) is 13.4. The number of hydrogen-bond donors (Lipinski definition) is 1. The van der Waals surface area contributed by atoms with E-state index in [1.807, 2.05) is 12.1 Å². The van der Waals surface area contributed by atoms with Crippen molar-refractivity contribution in [2.24, 2.45) is 5.41 Å². The highest BCUT2D eigenvalue weighted by Gasteiger charge is 2.46. The van der Waals surface area contributed by atoms with Crippen LogP contribution in [0.4, 0.5) is 0 Å². The Morgan fingerprint density at radius 1 is 0.800 bits per heavy atom. The fourth-order valence-electron chi connectivity index (χ4n) is 3.40. The highest BCUT2D eigenvalue weighted by atomic mass is 16.3. The lowest BCUT2D eigenvalue weighted by Gasteiger charge is -2.42. The molecule has 1 nitrogen and oxygen atoms in total. The van der Waals surface area contributed by atoms with E-state index in [-0.39, 0.29) is 5.41 Å². The fraction of sp³-hybridized carbons (Fsp3) is 0.368. The molecular weight excluding hydrogens is 244 g/mol. The van der Waals surface area contributed by atoms with Gasteiger partial charge in [0.25, 0.3) is 0 Å². The Labute approximate surface area is 121 Å². The van der Waals surface area contributed by atoms with Gasteiger partial charge in [0, 0.05) is 0 Å². The summed E-state index contributed by atoms with van der Waals surface area (Å²) in [5, 5.41) is 11.7. The predicted octanol–water partition coefficient (Wildman–Crippen LogP) is 4.07. The summed E-state index contributed by atoms with van der Waals surface area (Å²) in [6, 6.07) is 16.7. The van der Waals surface area contributed by atoms with Crippen molar-refractivity contribution in [3.05, 3.63) is 70.8 Å². The van der Waals surface area contributed by atoms with Gasteiger partial charge in [-0.15, -0.1) is 0 Å². The van der Waals surface area contributed by atoms with Crippen molar-refractivity contribution in [1.29, 1.82) is 0 Å². The van der Waals surface area contributed by atoms with Crippen LogP contribution in [0.15, 0.2) is 48.5 Å². The number of aryl methyl sites for hydroxylation is 2. The van der Waals surface area contributed by atoms with E-state index in [9.17, 15) is 5.11 Å². The van der Waals surface area contributed by atoms with Gasteiger partial charge in [-0.05, 0) is 40.5 Å². The second kappa shape index (κ2) is 4.46. The minimum Gasteiger partial charge on any atom is -0.380 e. The van der Waals surface area contributed by atoms with E-state index in [1.54, 1.807) is 0 Å². The summed E-state index contributed by atoms with van der Waals surface area (Å²) >= 11 is 0. The lowest BCUT2D eigenvalue weighted by Crippen LogP contribution is -2.42. The third-order valence-electron chi connectivity index (χ3n) is 4.56. The highest BCUT2D eigenvalue weighted by Crippen LogP contribution is 2.48. The lowest BCUT2D eigenvalue weighted by molar-refractivity contribution is -0.0264. The summed E-state index contributed by atoms with van der Waals surface area (Å²) in [7, 11) is 0. The molecule has 0 bridgehead atoms. The van der Waals surface area contributed by atoms with E-state index in [1.165, 1.54) is 11.1 Å². The third kappa shape index (κ3) is 1.81.